The molecule has 1 aliphatic rings. The molecule has 3 aromatic rings. The number of amides is 1. The van der Waals surface area contributed by atoms with Crippen molar-refractivity contribution in [3.05, 3.63) is 65.1 Å². The van der Waals surface area contributed by atoms with Crippen molar-refractivity contribution in [3.8, 4) is 5.75 Å². The summed E-state index contributed by atoms with van der Waals surface area (Å²) in [5, 5.41) is 4.48. The smallest absolute Gasteiger partial charge is 0.272 e. The second-order valence-electron chi connectivity index (χ2n) is 8.18. The van der Waals surface area contributed by atoms with E-state index in [4.69, 9.17) is 9.15 Å². The van der Waals surface area contributed by atoms with Gasteiger partial charge in [-0.3, -0.25) is 9.48 Å². The predicted molar refractivity (Wildman–Crippen MR) is 117 cm³/mol. The Balaban J connectivity index is 1.43. The highest BCUT2D eigenvalue weighted by Gasteiger charge is 2.29. The summed E-state index contributed by atoms with van der Waals surface area (Å²) in [7, 11) is 3.50. The number of aromatic nitrogens is 3. The fourth-order valence-electron chi connectivity index (χ4n) is 4.21. The largest absolute Gasteiger partial charge is 0.497 e. The van der Waals surface area contributed by atoms with Crippen LogP contribution in [0, 0.1) is 0 Å². The van der Waals surface area contributed by atoms with Gasteiger partial charge >= 0.3 is 0 Å². The molecule has 1 amide bonds. The number of methoxy groups -OCH3 is 1. The van der Waals surface area contributed by atoms with Gasteiger partial charge in [0.25, 0.3) is 5.91 Å². The molecule has 164 valence electrons. The molecule has 1 saturated heterocycles. The van der Waals surface area contributed by atoms with Crippen molar-refractivity contribution < 1.29 is 13.9 Å². The average molecular weight is 423 g/mol. The lowest BCUT2D eigenvalue weighted by atomic mass is 9.97. The maximum Gasteiger partial charge on any atom is 0.272 e. The van der Waals surface area contributed by atoms with Crippen LogP contribution in [0.15, 0.2) is 40.9 Å². The van der Waals surface area contributed by atoms with Crippen LogP contribution in [0.1, 0.15) is 65.5 Å². The Morgan fingerprint density at radius 1 is 1.32 bits per heavy atom. The van der Waals surface area contributed by atoms with Crippen LogP contribution in [-0.2, 0) is 19.9 Å². The molecule has 7 nitrogen and oxygen atoms in total. The van der Waals surface area contributed by atoms with Crippen LogP contribution in [0.25, 0.3) is 0 Å². The van der Waals surface area contributed by atoms with E-state index in [2.05, 4.69) is 17.0 Å². The first-order valence-corrected chi connectivity index (χ1v) is 11.0. The molecule has 31 heavy (non-hydrogen) atoms. The highest BCUT2D eigenvalue weighted by atomic mass is 16.5. The SMILES string of the molecule is CCCc1cc(C(=O)N2CCCC(c3ncc(Cc4cccc(OC)c4)o3)C2)n(C)n1. The summed E-state index contributed by atoms with van der Waals surface area (Å²) in [5.41, 5.74) is 2.73. The number of carbonyl (C=O) groups excluding carboxylic acids is 1. The van der Waals surface area contributed by atoms with Gasteiger partial charge in [0, 0.05) is 26.6 Å². The molecule has 0 radical (unpaired) electrons. The van der Waals surface area contributed by atoms with Crippen molar-refractivity contribution in [2.24, 2.45) is 7.05 Å². The van der Waals surface area contributed by atoms with E-state index < -0.39 is 0 Å². The first-order valence-electron chi connectivity index (χ1n) is 11.0. The minimum Gasteiger partial charge on any atom is -0.497 e. The number of piperidine rings is 1. The summed E-state index contributed by atoms with van der Waals surface area (Å²) in [4.78, 5) is 19.6. The first-order chi connectivity index (χ1) is 15.1. The standard InChI is InChI=1S/C24H30N4O3/c1-4-7-19-14-22(27(2)26-19)24(29)28-11-6-9-18(16-28)23-25-15-21(31-23)13-17-8-5-10-20(12-17)30-3/h5,8,10,12,14-15,18H,4,6-7,9,11,13,16H2,1-3H3. The number of likely N-dealkylation sites (tertiary alicyclic amines) is 1. The molecule has 7 heteroatoms. The summed E-state index contributed by atoms with van der Waals surface area (Å²) in [5.74, 6) is 2.51. The number of hydrogen-bond acceptors (Lipinski definition) is 5. The van der Waals surface area contributed by atoms with Gasteiger partial charge in [-0.15, -0.1) is 0 Å². The van der Waals surface area contributed by atoms with Gasteiger partial charge in [-0.1, -0.05) is 25.5 Å². The fraction of sp³-hybridized carbons (Fsp3) is 0.458. The quantitative estimate of drug-likeness (QED) is 0.576. The van der Waals surface area contributed by atoms with E-state index in [1.54, 1.807) is 18.0 Å². The zero-order valence-electron chi connectivity index (χ0n) is 18.5. The number of aryl methyl sites for hydroxylation is 2. The van der Waals surface area contributed by atoms with E-state index >= 15 is 0 Å². The van der Waals surface area contributed by atoms with Gasteiger partial charge in [-0.25, -0.2) is 4.98 Å². The summed E-state index contributed by atoms with van der Waals surface area (Å²) in [6, 6.07) is 9.87. The zero-order chi connectivity index (χ0) is 21.8. The van der Waals surface area contributed by atoms with Crippen LogP contribution < -0.4 is 4.74 Å². The Hall–Kier alpha value is -3.09. The Kier molecular flexibility index (Phi) is 6.39. The summed E-state index contributed by atoms with van der Waals surface area (Å²) in [6.07, 6.45) is 6.26. The number of oxazole rings is 1. The minimum absolute atomic E-state index is 0.0326. The van der Waals surface area contributed by atoms with Crippen LogP contribution in [-0.4, -0.2) is 45.8 Å². The van der Waals surface area contributed by atoms with Gasteiger partial charge in [0.05, 0.1) is 24.9 Å². The summed E-state index contributed by atoms with van der Waals surface area (Å²) < 4.78 is 13.1. The van der Waals surface area contributed by atoms with Crippen LogP contribution in [0.4, 0.5) is 0 Å². The monoisotopic (exact) mass is 422 g/mol. The van der Waals surface area contributed by atoms with Crippen molar-refractivity contribution in [1.29, 1.82) is 0 Å². The molecule has 0 aliphatic carbocycles. The molecular weight excluding hydrogens is 392 g/mol. The predicted octanol–water partition coefficient (Wildman–Crippen LogP) is 3.98. The first kappa shape index (κ1) is 21.2. The van der Waals surface area contributed by atoms with E-state index in [9.17, 15) is 4.79 Å². The van der Waals surface area contributed by atoms with Crippen LogP contribution in [0.5, 0.6) is 5.75 Å². The highest BCUT2D eigenvalue weighted by molar-refractivity contribution is 5.92. The second kappa shape index (κ2) is 9.37. The highest BCUT2D eigenvalue weighted by Crippen LogP contribution is 2.28. The van der Waals surface area contributed by atoms with Crippen LogP contribution in [0.2, 0.25) is 0 Å². The lowest BCUT2D eigenvalue weighted by Gasteiger charge is -2.31. The minimum atomic E-state index is 0.0326. The topological polar surface area (TPSA) is 73.4 Å². The number of hydrogen-bond donors (Lipinski definition) is 0. The molecule has 1 atom stereocenters. The molecule has 1 unspecified atom stereocenters. The van der Waals surface area contributed by atoms with Crippen molar-refractivity contribution >= 4 is 5.91 Å². The van der Waals surface area contributed by atoms with E-state index in [0.717, 1.165) is 55.0 Å². The van der Waals surface area contributed by atoms with Gasteiger partial charge in [-0.2, -0.15) is 5.10 Å². The molecule has 0 saturated carbocycles. The number of ether oxygens (including phenoxy) is 1. The van der Waals surface area contributed by atoms with Gasteiger partial charge in [0.2, 0.25) is 0 Å². The van der Waals surface area contributed by atoms with Gasteiger partial charge in [0.15, 0.2) is 5.89 Å². The number of benzene rings is 1. The summed E-state index contributed by atoms with van der Waals surface area (Å²) >= 11 is 0. The maximum atomic E-state index is 13.1. The molecule has 2 aromatic heterocycles. The molecule has 1 fully saturated rings. The Morgan fingerprint density at radius 3 is 3.00 bits per heavy atom. The van der Waals surface area contributed by atoms with Crippen molar-refractivity contribution in [2.75, 3.05) is 20.2 Å². The molecule has 4 rings (SSSR count). The van der Waals surface area contributed by atoms with Gasteiger partial charge in [0.1, 0.15) is 17.2 Å². The third kappa shape index (κ3) is 4.81. The third-order valence-corrected chi connectivity index (χ3v) is 5.80. The van der Waals surface area contributed by atoms with Crippen molar-refractivity contribution in [3.63, 3.8) is 0 Å². The van der Waals surface area contributed by atoms with Crippen LogP contribution in [0.3, 0.4) is 0 Å². The van der Waals surface area contributed by atoms with Crippen molar-refractivity contribution in [2.45, 2.75) is 44.9 Å². The third-order valence-electron chi connectivity index (χ3n) is 5.80. The molecule has 1 aromatic carbocycles. The average Bonchev–Trinajstić information content (AvgIpc) is 3.40. The van der Waals surface area contributed by atoms with E-state index in [0.29, 0.717) is 24.6 Å². The number of nitrogens with zero attached hydrogens (tertiary/aromatic N) is 4. The second-order valence-corrected chi connectivity index (χ2v) is 8.18. The lowest BCUT2D eigenvalue weighted by molar-refractivity contribution is 0.0686. The molecule has 0 bridgehead atoms. The fourth-order valence-corrected chi connectivity index (χ4v) is 4.21. The van der Waals surface area contributed by atoms with E-state index in [-0.39, 0.29) is 11.8 Å². The van der Waals surface area contributed by atoms with Gasteiger partial charge in [-0.05, 0) is 43.0 Å². The molecule has 1 aliphatic heterocycles. The molecule has 0 spiro atoms. The number of rotatable bonds is 7. The van der Waals surface area contributed by atoms with E-state index in [1.165, 1.54) is 0 Å². The van der Waals surface area contributed by atoms with Crippen molar-refractivity contribution in [1.82, 2.24) is 19.7 Å². The normalized spacial score (nSPS) is 16.5. The Morgan fingerprint density at radius 2 is 2.19 bits per heavy atom. The Labute approximate surface area is 183 Å². The van der Waals surface area contributed by atoms with Crippen LogP contribution >= 0.6 is 0 Å². The molecular formula is C24H30N4O3. The Bertz CT molecular complexity index is 1040. The zero-order valence-corrected chi connectivity index (χ0v) is 18.5. The van der Waals surface area contributed by atoms with E-state index in [1.807, 2.05) is 42.3 Å². The molecule has 3 heterocycles. The lowest BCUT2D eigenvalue weighted by Crippen LogP contribution is -2.40. The summed E-state index contributed by atoms with van der Waals surface area (Å²) in [6.45, 7) is 3.48. The maximum absolute atomic E-state index is 13.1. The number of carbonyl (C=O) groups is 1. The van der Waals surface area contributed by atoms with Gasteiger partial charge < -0.3 is 14.1 Å². The molecule has 0 N–H and O–H groups in total.